The predicted molar refractivity (Wildman–Crippen MR) is 129 cm³/mol. The van der Waals surface area contributed by atoms with Crippen LogP contribution >= 0.6 is 0 Å². The number of aryl methyl sites for hydroxylation is 3. The van der Waals surface area contributed by atoms with Gasteiger partial charge in [0.15, 0.2) is 0 Å². The SMILES string of the molecule is Cc1cc(C)c(C)c(-c2c(C)c(C)c(C)c3c2ccc2ccc(C(C)C)cc23)c1. The molecule has 0 spiro atoms. The minimum Gasteiger partial charge on any atom is -0.0587 e. The van der Waals surface area contributed by atoms with Crippen LogP contribution in [-0.2, 0) is 0 Å². The van der Waals surface area contributed by atoms with E-state index in [0.29, 0.717) is 5.92 Å². The summed E-state index contributed by atoms with van der Waals surface area (Å²) in [7, 11) is 0. The second-order valence-electron chi connectivity index (χ2n) is 9.13. The lowest BCUT2D eigenvalue weighted by molar-refractivity contribution is 0.869. The van der Waals surface area contributed by atoms with E-state index in [1.807, 2.05) is 0 Å². The smallest absolute Gasteiger partial charge is 0.00669 e. The number of benzene rings is 4. The molecule has 4 rings (SSSR count). The summed E-state index contributed by atoms with van der Waals surface area (Å²) in [6, 6.07) is 16.3. The summed E-state index contributed by atoms with van der Waals surface area (Å²) in [6.07, 6.45) is 0. The standard InChI is InChI=1S/C29H32/c1-16(2)24-10-9-23-11-12-25-28(26-14-17(3)13-18(4)19(26)5)21(7)20(6)22(8)29(25)27(23)15-24/h9-16H,1-8H3. The number of fused-ring (bicyclic) bond motifs is 3. The van der Waals surface area contributed by atoms with Crippen LogP contribution in [-0.4, -0.2) is 0 Å². The van der Waals surface area contributed by atoms with Crippen LogP contribution in [0.3, 0.4) is 0 Å². The Morgan fingerprint density at radius 3 is 2.00 bits per heavy atom. The summed E-state index contributed by atoms with van der Waals surface area (Å²) in [5, 5.41) is 5.52. The summed E-state index contributed by atoms with van der Waals surface area (Å²) in [5.74, 6) is 0.530. The van der Waals surface area contributed by atoms with E-state index < -0.39 is 0 Å². The molecule has 0 aromatic heterocycles. The molecular weight excluding hydrogens is 348 g/mol. The van der Waals surface area contributed by atoms with Gasteiger partial charge in [0, 0.05) is 0 Å². The Morgan fingerprint density at radius 1 is 0.621 bits per heavy atom. The number of hydrogen-bond acceptors (Lipinski definition) is 0. The third-order valence-corrected chi connectivity index (χ3v) is 6.94. The predicted octanol–water partition coefficient (Wildman–Crippen LogP) is 8.63. The number of rotatable bonds is 2. The highest BCUT2D eigenvalue weighted by Crippen LogP contribution is 2.42. The molecule has 0 bridgehead atoms. The lowest BCUT2D eigenvalue weighted by atomic mass is 9.83. The van der Waals surface area contributed by atoms with E-state index in [1.165, 1.54) is 71.6 Å². The van der Waals surface area contributed by atoms with Crippen molar-refractivity contribution < 1.29 is 0 Å². The van der Waals surface area contributed by atoms with Crippen molar-refractivity contribution in [3.63, 3.8) is 0 Å². The highest BCUT2D eigenvalue weighted by molar-refractivity contribution is 6.15. The molecule has 0 amide bonds. The highest BCUT2D eigenvalue weighted by atomic mass is 14.2. The molecule has 0 nitrogen and oxygen atoms in total. The second kappa shape index (κ2) is 7.02. The topological polar surface area (TPSA) is 0 Å². The van der Waals surface area contributed by atoms with Crippen LogP contribution in [0.15, 0.2) is 42.5 Å². The van der Waals surface area contributed by atoms with Crippen molar-refractivity contribution in [3.05, 3.63) is 81.4 Å². The molecule has 0 heteroatoms. The van der Waals surface area contributed by atoms with Gasteiger partial charge >= 0.3 is 0 Å². The van der Waals surface area contributed by atoms with Crippen LogP contribution in [0, 0.1) is 41.5 Å². The Balaban J connectivity index is 2.23. The summed E-state index contributed by atoms with van der Waals surface area (Å²) < 4.78 is 0. The van der Waals surface area contributed by atoms with Gasteiger partial charge in [0.05, 0.1) is 0 Å². The minimum absolute atomic E-state index is 0.530. The Morgan fingerprint density at radius 2 is 1.31 bits per heavy atom. The molecule has 0 atom stereocenters. The van der Waals surface area contributed by atoms with Crippen molar-refractivity contribution in [3.8, 4) is 11.1 Å². The zero-order valence-electron chi connectivity index (χ0n) is 19.1. The summed E-state index contributed by atoms with van der Waals surface area (Å²) >= 11 is 0. The van der Waals surface area contributed by atoms with Gasteiger partial charge in [-0.25, -0.2) is 0 Å². The van der Waals surface area contributed by atoms with Gasteiger partial charge in [-0.1, -0.05) is 61.9 Å². The largest absolute Gasteiger partial charge is 0.0587 e. The molecule has 0 saturated heterocycles. The monoisotopic (exact) mass is 380 g/mol. The van der Waals surface area contributed by atoms with Crippen molar-refractivity contribution in [1.82, 2.24) is 0 Å². The van der Waals surface area contributed by atoms with Gasteiger partial charge in [0.2, 0.25) is 0 Å². The van der Waals surface area contributed by atoms with Crippen molar-refractivity contribution >= 4 is 21.5 Å². The lowest BCUT2D eigenvalue weighted by Gasteiger charge is -2.21. The van der Waals surface area contributed by atoms with E-state index in [-0.39, 0.29) is 0 Å². The fourth-order valence-corrected chi connectivity index (χ4v) is 4.81. The molecule has 0 saturated carbocycles. The molecule has 148 valence electrons. The van der Waals surface area contributed by atoms with Crippen molar-refractivity contribution in [2.24, 2.45) is 0 Å². The lowest BCUT2D eigenvalue weighted by Crippen LogP contribution is -1.99. The molecule has 0 fully saturated rings. The average Bonchev–Trinajstić information content (AvgIpc) is 2.68. The Labute approximate surface area is 175 Å². The summed E-state index contributed by atoms with van der Waals surface area (Å²) in [5.41, 5.74) is 12.5. The van der Waals surface area contributed by atoms with E-state index in [9.17, 15) is 0 Å². The van der Waals surface area contributed by atoms with Gasteiger partial charge in [-0.05, 0) is 114 Å². The van der Waals surface area contributed by atoms with Crippen LogP contribution in [0.4, 0.5) is 0 Å². The molecular formula is C29H32. The van der Waals surface area contributed by atoms with Crippen LogP contribution in [0.2, 0.25) is 0 Å². The van der Waals surface area contributed by atoms with E-state index in [2.05, 4.69) is 97.9 Å². The van der Waals surface area contributed by atoms with E-state index in [0.717, 1.165) is 0 Å². The zero-order chi connectivity index (χ0) is 21.0. The zero-order valence-corrected chi connectivity index (χ0v) is 19.1. The molecule has 4 aromatic carbocycles. The quantitative estimate of drug-likeness (QED) is 0.305. The number of hydrogen-bond donors (Lipinski definition) is 0. The minimum atomic E-state index is 0.530. The van der Waals surface area contributed by atoms with Crippen molar-refractivity contribution in [1.29, 1.82) is 0 Å². The fraction of sp³-hybridized carbons (Fsp3) is 0.310. The van der Waals surface area contributed by atoms with Crippen LogP contribution in [0.5, 0.6) is 0 Å². The van der Waals surface area contributed by atoms with E-state index >= 15 is 0 Å². The Bertz CT molecular complexity index is 1270. The maximum atomic E-state index is 2.42. The molecule has 4 aromatic rings. The molecule has 0 aliphatic carbocycles. The fourth-order valence-electron chi connectivity index (χ4n) is 4.81. The first kappa shape index (κ1) is 19.7. The Hall–Kier alpha value is -2.60. The van der Waals surface area contributed by atoms with Crippen LogP contribution < -0.4 is 0 Å². The average molecular weight is 381 g/mol. The first-order valence-electron chi connectivity index (χ1n) is 10.7. The first-order chi connectivity index (χ1) is 13.7. The van der Waals surface area contributed by atoms with Crippen molar-refractivity contribution in [2.75, 3.05) is 0 Å². The van der Waals surface area contributed by atoms with E-state index in [1.54, 1.807) is 0 Å². The van der Waals surface area contributed by atoms with Gasteiger partial charge in [0.25, 0.3) is 0 Å². The molecule has 0 radical (unpaired) electrons. The highest BCUT2D eigenvalue weighted by Gasteiger charge is 2.18. The third-order valence-electron chi connectivity index (χ3n) is 6.94. The molecule has 0 aliphatic heterocycles. The normalized spacial score (nSPS) is 11.8. The van der Waals surface area contributed by atoms with E-state index in [4.69, 9.17) is 0 Å². The maximum absolute atomic E-state index is 2.42. The third kappa shape index (κ3) is 3.06. The van der Waals surface area contributed by atoms with Gasteiger partial charge in [0.1, 0.15) is 0 Å². The molecule has 0 aliphatic rings. The second-order valence-corrected chi connectivity index (χ2v) is 9.13. The molecule has 29 heavy (non-hydrogen) atoms. The molecule has 0 unspecified atom stereocenters. The van der Waals surface area contributed by atoms with Gasteiger partial charge in [-0.3, -0.25) is 0 Å². The first-order valence-corrected chi connectivity index (χ1v) is 10.7. The van der Waals surface area contributed by atoms with Crippen LogP contribution in [0.1, 0.15) is 58.7 Å². The Kier molecular flexibility index (Phi) is 4.77. The van der Waals surface area contributed by atoms with Gasteiger partial charge in [-0.15, -0.1) is 0 Å². The molecule has 0 heterocycles. The van der Waals surface area contributed by atoms with Crippen LogP contribution in [0.25, 0.3) is 32.7 Å². The maximum Gasteiger partial charge on any atom is -0.00669 e. The van der Waals surface area contributed by atoms with Gasteiger partial charge in [-0.2, -0.15) is 0 Å². The summed E-state index contributed by atoms with van der Waals surface area (Å²) in [4.78, 5) is 0. The van der Waals surface area contributed by atoms with Crippen molar-refractivity contribution in [2.45, 2.75) is 61.3 Å². The van der Waals surface area contributed by atoms with Gasteiger partial charge < -0.3 is 0 Å². The molecule has 0 N–H and O–H groups in total. The summed E-state index contributed by atoms with van der Waals surface area (Å²) in [6.45, 7) is 18.1.